The lowest BCUT2D eigenvalue weighted by atomic mass is 9.49. The van der Waals surface area contributed by atoms with Gasteiger partial charge in [-0.15, -0.1) is 5.10 Å². The molecule has 4 aliphatic carbocycles. The Morgan fingerprint density at radius 2 is 1.79 bits per heavy atom. The first-order valence-electron chi connectivity index (χ1n) is 8.69. The first kappa shape index (κ1) is 16.0. The number of amides is 1. The van der Waals surface area contributed by atoms with Gasteiger partial charge in [0, 0.05) is 6.54 Å². The average molecular weight is 341 g/mol. The summed E-state index contributed by atoms with van der Waals surface area (Å²) in [5, 5.41) is 5.96. The van der Waals surface area contributed by atoms with Crippen molar-refractivity contribution in [3.63, 3.8) is 0 Å². The van der Waals surface area contributed by atoms with Crippen molar-refractivity contribution in [1.29, 1.82) is 0 Å². The van der Waals surface area contributed by atoms with Crippen LogP contribution in [0, 0.1) is 30.1 Å². The van der Waals surface area contributed by atoms with Crippen LogP contribution in [-0.4, -0.2) is 22.5 Å². The van der Waals surface area contributed by atoms with Crippen LogP contribution in [0.2, 0.25) is 0 Å². The summed E-state index contributed by atoms with van der Waals surface area (Å²) in [5.74, 6) is 1.61. The zero-order valence-electron chi connectivity index (χ0n) is 13.7. The molecule has 0 aliphatic heterocycles. The average Bonchev–Trinajstić information content (AvgIpc) is 2.80. The third-order valence-electron chi connectivity index (χ3n) is 6.31. The molecule has 4 bridgehead atoms. The van der Waals surface area contributed by atoms with E-state index in [0.717, 1.165) is 37.0 Å². The molecular weight excluding hydrogens is 319 g/mol. The van der Waals surface area contributed by atoms with E-state index in [9.17, 15) is 18.1 Å². The Labute approximate surface area is 138 Å². The van der Waals surface area contributed by atoms with E-state index in [2.05, 4.69) is 10.4 Å². The number of carbonyl (C=O) groups excluding carboxylic acids is 1. The molecular formula is C17H22F3N3O. The van der Waals surface area contributed by atoms with Gasteiger partial charge in [-0.05, 0) is 68.6 Å². The number of hydrogen-bond donors (Lipinski definition) is 1. The maximum absolute atomic E-state index is 13.5. The molecule has 4 aliphatic rings. The fraction of sp³-hybridized carbons (Fsp3) is 0.765. The number of aromatic nitrogens is 2. The second-order valence-electron chi connectivity index (χ2n) is 8.11. The van der Waals surface area contributed by atoms with E-state index >= 15 is 0 Å². The molecule has 5 rings (SSSR count). The summed E-state index contributed by atoms with van der Waals surface area (Å²) in [6.07, 6.45) is 4.28. The Kier molecular flexibility index (Phi) is 3.65. The zero-order valence-corrected chi connectivity index (χ0v) is 13.7. The molecule has 4 nitrogen and oxygen atoms in total. The molecule has 7 heteroatoms. The molecule has 0 unspecified atom stereocenters. The second kappa shape index (κ2) is 5.49. The number of nitrogens with zero attached hydrogens (tertiary/aromatic N) is 2. The molecule has 0 aromatic carbocycles. The Hall–Kier alpha value is -1.53. The summed E-state index contributed by atoms with van der Waals surface area (Å²) >= 11 is 0. The minimum atomic E-state index is -2.97. The summed E-state index contributed by atoms with van der Waals surface area (Å²) in [5.41, 5.74) is -1.17. The van der Waals surface area contributed by atoms with Crippen LogP contribution >= 0.6 is 0 Å². The number of halogens is 3. The van der Waals surface area contributed by atoms with Gasteiger partial charge in [0.1, 0.15) is 5.69 Å². The first-order valence-corrected chi connectivity index (χ1v) is 8.69. The van der Waals surface area contributed by atoms with Crippen LogP contribution in [0.15, 0.2) is 0 Å². The molecule has 4 saturated carbocycles. The molecule has 1 heterocycles. The van der Waals surface area contributed by atoms with Gasteiger partial charge in [-0.3, -0.25) is 4.79 Å². The van der Waals surface area contributed by atoms with Gasteiger partial charge in [0.25, 0.3) is 12.3 Å². The normalized spacial score (nSPS) is 34.1. The van der Waals surface area contributed by atoms with Crippen molar-refractivity contribution in [1.82, 2.24) is 15.3 Å². The predicted molar refractivity (Wildman–Crippen MR) is 81.4 cm³/mol. The highest BCUT2D eigenvalue weighted by Gasteiger charge is 2.50. The lowest BCUT2D eigenvalue weighted by Crippen LogP contribution is -2.51. The highest BCUT2D eigenvalue weighted by atomic mass is 19.3. The van der Waals surface area contributed by atoms with Crippen LogP contribution in [0.3, 0.4) is 0 Å². The predicted octanol–water partition coefficient (Wildman–Crippen LogP) is 3.81. The maximum Gasteiger partial charge on any atom is 0.283 e. The van der Waals surface area contributed by atoms with E-state index < -0.39 is 18.0 Å². The van der Waals surface area contributed by atoms with Gasteiger partial charge in [0.15, 0.2) is 0 Å². The third kappa shape index (κ3) is 2.52. The number of alkyl halides is 2. The molecule has 1 aromatic heterocycles. The summed E-state index contributed by atoms with van der Waals surface area (Å²) in [4.78, 5) is 12.3. The monoisotopic (exact) mass is 341 g/mol. The topological polar surface area (TPSA) is 46.9 Å². The van der Waals surface area contributed by atoms with Crippen LogP contribution in [0.5, 0.6) is 0 Å². The van der Waals surface area contributed by atoms with Crippen LogP contribution < -0.4 is 5.32 Å². The van der Waals surface area contributed by atoms with Crippen LogP contribution in [0.25, 0.3) is 0 Å². The van der Waals surface area contributed by atoms with Gasteiger partial charge in [0.05, 0.1) is 11.3 Å². The Bertz CT molecular complexity index is 635. The van der Waals surface area contributed by atoms with Crippen molar-refractivity contribution >= 4 is 5.91 Å². The van der Waals surface area contributed by atoms with Gasteiger partial charge in [0.2, 0.25) is 0 Å². The zero-order chi connectivity index (χ0) is 17.1. The molecule has 132 valence electrons. The van der Waals surface area contributed by atoms with Crippen LogP contribution in [0.1, 0.15) is 66.7 Å². The molecule has 24 heavy (non-hydrogen) atoms. The van der Waals surface area contributed by atoms with E-state index in [1.165, 1.54) is 26.2 Å². The summed E-state index contributed by atoms with van der Waals surface area (Å²) in [7, 11) is 0. The molecule has 1 amide bonds. The lowest BCUT2D eigenvalue weighted by Gasteiger charge is -2.56. The molecule has 0 saturated heterocycles. The van der Waals surface area contributed by atoms with Crippen molar-refractivity contribution in [3.8, 4) is 0 Å². The molecule has 4 fully saturated rings. The highest BCUT2D eigenvalue weighted by Crippen LogP contribution is 2.59. The minimum Gasteiger partial charge on any atom is -0.351 e. The third-order valence-corrected chi connectivity index (χ3v) is 6.31. The van der Waals surface area contributed by atoms with Crippen molar-refractivity contribution in [2.45, 2.75) is 51.9 Å². The van der Waals surface area contributed by atoms with Gasteiger partial charge in [-0.2, -0.15) is 0 Å². The number of hydrogen-bond acceptors (Lipinski definition) is 2. The number of nitrogens with one attached hydrogen (secondary N) is 1. The lowest BCUT2D eigenvalue weighted by molar-refractivity contribution is -0.0503. The summed E-state index contributed by atoms with van der Waals surface area (Å²) in [6.45, 7) is 1.79. The summed E-state index contributed by atoms with van der Waals surface area (Å²) in [6, 6.07) is 0. The van der Waals surface area contributed by atoms with E-state index in [1.807, 2.05) is 0 Å². The Balaban J connectivity index is 1.50. The molecule has 0 radical (unpaired) electrons. The van der Waals surface area contributed by atoms with Crippen molar-refractivity contribution in [3.05, 3.63) is 17.0 Å². The Morgan fingerprint density at radius 1 is 1.25 bits per heavy atom. The van der Waals surface area contributed by atoms with Gasteiger partial charge >= 0.3 is 0 Å². The minimum absolute atomic E-state index is 0.106. The van der Waals surface area contributed by atoms with E-state index in [4.69, 9.17) is 0 Å². The highest BCUT2D eigenvalue weighted by molar-refractivity contribution is 5.96. The Morgan fingerprint density at radius 3 is 2.29 bits per heavy atom. The van der Waals surface area contributed by atoms with Gasteiger partial charge in [-0.1, -0.05) is 9.39 Å². The van der Waals surface area contributed by atoms with Gasteiger partial charge < -0.3 is 5.32 Å². The number of rotatable bonds is 4. The quantitative estimate of drug-likeness (QED) is 0.905. The van der Waals surface area contributed by atoms with Crippen molar-refractivity contribution in [2.75, 3.05) is 6.54 Å². The molecule has 1 aromatic rings. The van der Waals surface area contributed by atoms with Crippen LogP contribution in [-0.2, 0) is 0 Å². The molecule has 1 N–H and O–H groups in total. The smallest absolute Gasteiger partial charge is 0.283 e. The van der Waals surface area contributed by atoms with Crippen LogP contribution in [0.4, 0.5) is 13.3 Å². The van der Waals surface area contributed by atoms with Crippen molar-refractivity contribution < 1.29 is 18.1 Å². The standard InChI is InChI=1S/C17H22F3N3O/c1-9-13(14(15(18)19)22-23(9)20)16(24)21-8-17-5-10-2-11(6-17)4-12(3-10)7-17/h10-12,15H,2-8H2,1H3,(H,21,24). The van der Waals surface area contributed by atoms with E-state index in [0.29, 0.717) is 6.54 Å². The SMILES string of the molecule is Cc1c(C(=O)NCC23CC4CC(CC(C4)C2)C3)c(C(F)F)nn1F. The fourth-order valence-corrected chi connectivity index (χ4v) is 5.79. The molecule has 0 spiro atoms. The fourth-order valence-electron chi connectivity index (χ4n) is 5.79. The largest absolute Gasteiger partial charge is 0.351 e. The molecule has 0 atom stereocenters. The van der Waals surface area contributed by atoms with E-state index in [-0.39, 0.29) is 21.6 Å². The first-order chi connectivity index (χ1) is 11.4. The van der Waals surface area contributed by atoms with E-state index in [1.54, 1.807) is 0 Å². The second-order valence-corrected chi connectivity index (χ2v) is 8.11. The number of carbonyl (C=O) groups is 1. The van der Waals surface area contributed by atoms with Gasteiger partial charge in [-0.25, -0.2) is 8.78 Å². The summed E-state index contributed by atoms with van der Waals surface area (Å²) < 4.78 is 39.5. The van der Waals surface area contributed by atoms with Crippen molar-refractivity contribution in [2.24, 2.45) is 23.2 Å². The maximum atomic E-state index is 13.5.